The first-order chi connectivity index (χ1) is 9.97. The highest BCUT2D eigenvalue weighted by Crippen LogP contribution is 2.09. The fraction of sp³-hybridized carbons (Fsp3) is 0.125. The van der Waals surface area contributed by atoms with E-state index >= 15 is 0 Å². The van der Waals surface area contributed by atoms with E-state index in [4.69, 9.17) is 0 Å². The summed E-state index contributed by atoms with van der Waals surface area (Å²) < 4.78 is 39.2. The highest BCUT2D eigenvalue weighted by molar-refractivity contribution is 7.89. The molecule has 2 aromatic carbocycles. The lowest BCUT2D eigenvalue weighted by atomic mass is 10.2. The van der Waals surface area contributed by atoms with E-state index in [1.54, 1.807) is 48.6 Å². The van der Waals surface area contributed by atoms with E-state index in [0.29, 0.717) is 0 Å². The van der Waals surface area contributed by atoms with Gasteiger partial charge in [0.05, 0.1) is 4.90 Å². The van der Waals surface area contributed by atoms with Crippen LogP contribution >= 0.6 is 0 Å². The van der Waals surface area contributed by atoms with Gasteiger partial charge in [-0.1, -0.05) is 42.0 Å². The second-order valence-electron chi connectivity index (χ2n) is 4.62. The maximum absolute atomic E-state index is 12.7. The monoisotopic (exact) mass is 305 g/mol. The van der Waals surface area contributed by atoms with Gasteiger partial charge in [0.1, 0.15) is 5.82 Å². The van der Waals surface area contributed by atoms with Gasteiger partial charge in [0.25, 0.3) is 0 Å². The molecule has 2 aromatic rings. The zero-order valence-corrected chi connectivity index (χ0v) is 12.4. The highest BCUT2D eigenvalue weighted by Gasteiger charge is 2.11. The van der Waals surface area contributed by atoms with Crippen molar-refractivity contribution in [3.63, 3.8) is 0 Å². The van der Waals surface area contributed by atoms with Gasteiger partial charge in [0.2, 0.25) is 10.0 Å². The maximum atomic E-state index is 12.7. The molecule has 0 unspecified atom stereocenters. The lowest BCUT2D eigenvalue weighted by molar-refractivity contribution is 0.585. The third kappa shape index (κ3) is 4.51. The summed E-state index contributed by atoms with van der Waals surface area (Å²) in [4.78, 5) is 0.239. The van der Waals surface area contributed by atoms with Crippen LogP contribution in [0.25, 0.3) is 6.08 Å². The molecule has 2 rings (SSSR count). The number of benzene rings is 2. The van der Waals surface area contributed by atoms with Crippen LogP contribution in [0.3, 0.4) is 0 Å². The Balaban J connectivity index is 1.96. The van der Waals surface area contributed by atoms with Crippen molar-refractivity contribution in [3.8, 4) is 0 Å². The molecule has 0 aliphatic carbocycles. The van der Waals surface area contributed by atoms with E-state index in [1.807, 2.05) is 6.92 Å². The van der Waals surface area contributed by atoms with Crippen LogP contribution in [0.1, 0.15) is 11.1 Å². The summed E-state index contributed by atoms with van der Waals surface area (Å²) in [6, 6.07) is 12.6. The standard InChI is InChI=1S/C16H16FNO2S/c1-13-4-10-16(11-5-13)21(19,20)18-12-2-3-14-6-8-15(17)9-7-14/h2-11,18H,12H2,1H3/b3-2-. The molecule has 0 bridgehead atoms. The number of halogens is 1. The lowest BCUT2D eigenvalue weighted by Gasteiger charge is -2.04. The summed E-state index contributed by atoms with van der Waals surface area (Å²) >= 11 is 0. The van der Waals surface area contributed by atoms with Gasteiger partial charge in [-0.15, -0.1) is 0 Å². The molecule has 0 aromatic heterocycles. The minimum absolute atomic E-state index is 0.174. The number of sulfonamides is 1. The SMILES string of the molecule is Cc1ccc(S(=O)(=O)NC/C=C\c2ccc(F)cc2)cc1. The lowest BCUT2D eigenvalue weighted by Crippen LogP contribution is -2.23. The van der Waals surface area contributed by atoms with Gasteiger partial charge in [-0.25, -0.2) is 17.5 Å². The predicted octanol–water partition coefficient (Wildman–Crippen LogP) is 3.13. The van der Waals surface area contributed by atoms with Crippen molar-refractivity contribution in [3.05, 3.63) is 71.6 Å². The number of aryl methyl sites for hydroxylation is 1. The van der Waals surface area contributed by atoms with Crippen molar-refractivity contribution in [2.45, 2.75) is 11.8 Å². The number of nitrogens with one attached hydrogen (secondary N) is 1. The molecule has 110 valence electrons. The minimum atomic E-state index is -3.50. The second kappa shape index (κ2) is 6.65. The topological polar surface area (TPSA) is 46.2 Å². The molecule has 0 saturated carbocycles. The Labute approximate surface area is 124 Å². The molecule has 0 fully saturated rings. The Kier molecular flexibility index (Phi) is 4.88. The zero-order valence-electron chi connectivity index (χ0n) is 11.6. The Morgan fingerprint density at radius 1 is 1.05 bits per heavy atom. The van der Waals surface area contributed by atoms with E-state index in [-0.39, 0.29) is 17.3 Å². The Hall–Kier alpha value is -1.98. The van der Waals surface area contributed by atoms with Crippen molar-refractivity contribution in [1.29, 1.82) is 0 Å². The molecule has 0 atom stereocenters. The van der Waals surface area contributed by atoms with E-state index in [0.717, 1.165) is 11.1 Å². The maximum Gasteiger partial charge on any atom is 0.240 e. The smallest absolute Gasteiger partial charge is 0.207 e. The molecule has 0 aliphatic heterocycles. The van der Waals surface area contributed by atoms with Crippen LogP contribution in [0.2, 0.25) is 0 Å². The van der Waals surface area contributed by atoms with Crippen molar-refractivity contribution in [1.82, 2.24) is 4.72 Å². The first-order valence-corrected chi connectivity index (χ1v) is 7.94. The van der Waals surface area contributed by atoms with Crippen molar-refractivity contribution in [2.24, 2.45) is 0 Å². The average Bonchev–Trinajstić information content (AvgIpc) is 2.46. The van der Waals surface area contributed by atoms with Gasteiger partial charge in [0, 0.05) is 6.54 Å². The van der Waals surface area contributed by atoms with E-state index < -0.39 is 10.0 Å². The third-order valence-corrected chi connectivity index (χ3v) is 4.34. The third-order valence-electron chi connectivity index (χ3n) is 2.90. The molecule has 3 nitrogen and oxygen atoms in total. The van der Waals surface area contributed by atoms with Gasteiger partial charge in [0.15, 0.2) is 0 Å². The Morgan fingerprint density at radius 3 is 2.29 bits per heavy atom. The minimum Gasteiger partial charge on any atom is -0.207 e. The first kappa shape index (κ1) is 15.4. The predicted molar refractivity (Wildman–Crippen MR) is 81.8 cm³/mol. The molecule has 1 N–H and O–H groups in total. The Bertz CT molecular complexity index is 720. The van der Waals surface area contributed by atoms with Gasteiger partial charge in [-0.3, -0.25) is 0 Å². The van der Waals surface area contributed by atoms with Gasteiger partial charge in [-0.05, 0) is 36.8 Å². The van der Waals surface area contributed by atoms with Gasteiger partial charge in [-0.2, -0.15) is 0 Å². The van der Waals surface area contributed by atoms with Crippen LogP contribution in [0.15, 0.2) is 59.5 Å². The molecule has 0 aliphatic rings. The van der Waals surface area contributed by atoms with E-state index in [2.05, 4.69) is 4.72 Å². The van der Waals surface area contributed by atoms with Crippen LogP contribution in [-0.4, -0.2) is 15.0 Å². The quantitative estimate of drug-likeness (QED) is 0.922. The van der Waals surface area contributed by atoms with Crippen LogP contribution in [-0.2, 0) is 10.0 Å². The summed E-state index contributed by atoms with van der Waals surface area (Å²) in [5.74, 6) is -0.299. The molecule has 0 spiro atoms. The van der Waals surface area contributed by atoms with Crippen molar-refractivity contribution < 1.29 is 12.8 Å². The normalized spacial score (nSPS) is 11.9. The fourth-order valence-corrected chi connectivity index (χ4v) is 2.70. The molecule has 5 heteroatoms. The molecule has 21 heavy (non-hydrogen) atoms. The summed E-state index contributed by atoms with van der Waals surface area (Å²) in [6.07, 6.45) is 3.41. The van der Waals surface area contributed by atoms with Crippen LogP contribution < -0.4 is 4.72 Å². The summed E-state index contributed by atoms with van der Waals surface area (Å²) in [6.45, 7) is 2.07. The highest BCUT2D eigenvalue weighted by atomic mass is 32.2. The number of hydrogen-bond donors (Lipinski definition) is 1. The van der Waals surface area contributed by atoms with Crippen molar-refractivity contribution in [2.75, 3.05) is 6.54 Å². The van der Waals surface area contributed by atoms with Crippen LogP contribution in [0.4, 0.5) is 4.39 Å². The molecule has 0 heterocycles. The van der Waals surface area contributed by atoms with E-state index in [9.17, 15) is 12.8 Å². The fourth-order valence-electron chi connectivity index (χ4n) is 1.73. The second-order valence-corrected chi connectivity index (χ2v) is 6.39. The van der Waals surface area contributed by atoms with Crippen LogP contribution in [0, 0.1) is 12.7 Å². The number of hydrogen-bond acceptors (Lipinski definition) is 2. The molecule has 0 amide bonds. The first-order valence-electron chi connectivity index (χ1n) is 6.46. The summed E-state index contributed by atoms with van der Waals surface area (Å²) in [5.41, 5.74) is 1.82. The summed E-state index contributed by atoms with van der Waals surface area (Å²) in [7, 11) is -3.50. The zero-order chi connectivity index (χ0) is 15.3. The molecular weight excluding hydrogens is 289 g/mol. The van der Waals surface area contributed by atoms with Crippen molar-refractivity contribution >= 4 is 16.1 Å². The van der Waals surface area contributed by atoms with Crippen LogP contribution in [0.5, 0.6) is 0 Å². The summed E-state index contributed by atoms with van der Waals surface area (Å²) in [5, 5.41) is 0. The molecule has 0 radical (unpaired) electrons. The largest absolute Gasteiger partial charge is 0.240 e. The van der Waals surface area contributed by atoms with Gasteiger partial charge < -0.3 is 0 Å². The number of rotatable bonds is 5. The molecule has 0 saturated heterocycles. The molecular formula is C16H16FNO2S. The van der Waals surface area contributed by atoms with Gasteiger partial charge >= 0.3 is 0 Å². The van der Waals surface area contributed by atoms with E-state index in [1.165, 1.54) is 12.1 Å². The average molecular weight is 305 g/mol. The Morgan fingerprint density at radius 2 is 1.67 bits per heavy atom.